The maximum Gasteiger partial charge on any atom is 0.244 e. The fraction of sp³-hybridized carbons (Fsp3) is 0.533. The largest absolute Gasteiger partial charge is 0.378 e. The summed E-state index contributed by atoms with van der Waals surface area (Å²) in [6.45, 7) is 6.27. The van der Waals surface area contributed by atoms with Crippen molar-refractivity contribution in [3.63, 3.8) is 0 Å². The van der Waals surface area contributed by atoms with Gasteiger partial charge in [0.1, 0.15) is 16.8 Å². The number of anilines is 1. The average Bonchev–Trinajstić information content (AvgIpc) is 2.47. The second-order valence-corrected chi connectivity index (χ2v) is 8.22. The Morgan fingerprint density at radius 3 is 2.67 bits per heavy atom. The highest BCUT2D eigenvalue weighted by Crippen LogP contribution is 2.21. The number of carbonyl (C=O) groups is 1. The van der Waals surface area contributed by atoms with E-state index < -0.39 is 32.3 Å². The van der Waals surface area contributed by atoms with Crippen LogP contribution in [0.4, 0.5) is 10.1 Å². The van der Waals surface area contributed by atoms with Crippen molar-refractivity contribution in [2.45, 2.75) is 37.2 Å². The number of hydrogen-bond donors (Lipinski definition) is 3. The quantitative estimate of drug-likeness (QED) is 0.740. The summed E-state index contributed by atoms with van der Waals surface area (Å²) in [5, 5.41) is 5.56. The number of amides is 1. The van der Waals surface area contributed by atoms with E-state index >= 15 is 0 Å². The fourth-order valence-corrected chi connectivity index (χ4v) is 3.73. The van der Waals surface area contributed by atoms with E-state index in [9.17, 15) is 17.6 Å². The van der Waals surface area contributed by atoms with Gasteiger partial charge in [-0.2, -0.15) is 0 Å². The van der Waals surface area contributed by atoms with Gasteiger partial charge in [-0.15, -0.1) is 0 Å². The molecule has 1 fully saturated rings. The minimum absolute atomic E-state index is 0.197. The van der Waals surface area contributed by atoms with E-state index in [0.29, 0.717) is 13.2 Å². The van der Waals surface area contributed by atoms with Gasteiger partial charge in [0.2, 0.25) is 15.9 Å². The second kappa shape index (κ2) is 7.14. The molecule has 1 aliphatic rings. The van der Waals surface area contributed by atoms with Gasteiger partial charge in [0.25, 0.3) is 0 Å². The summed E-state index contributed by atoms with van der Waals surface area (Å²) in [6.07, 6.45) is 0. The van der Waals surface area contributed by atoms with Crippen LogP contribution in [0.5, 0.6) is 0 Å². The molecule has 0 radical (unpaired) electrons. The molecular formula is C15H22FN3O4S. The van der Waals surface area contributed by atoms with Gasteiger partial charge in [0.15, 0.2) is 0 Å². The van der Waals surface area contributed by atoms with Crippen LogP contribution in [0.1, 0.15) is 20.8 Å². The first-order valence-corrected chi connectivity index (χ1v) is 9.02. The van der Waals surface area contributed by atoms with Crippen molar-refractivity contribution in [2.24, 2.45) is 0 Å². The average molecular weight is 359 g/mol. The van der Waals surface area contributed by atoms with Crippen LogP contribution in [0.15, 0.2) is 23.1 Å². The molecule has 9 heteroatoms. The molecule has 1 amide bonds. The van der Waals surface area contributed by atoms with Crippen molar-refractivity contribution in [3.8, 4) is 0 Å². The van der Waals surface area contributed by atoms with Crippen LogP contribution >= 0.6 is 0 Å². The molecule has 24 heavy (non-hydrogen) atoms. The van der Waals surface area contributed by atoms with E-state index in [0.717, 1.165) is 12.1 Å². The van der Waals surface area contributed by atoms with E-state index in [1.165, 1.54) is 6.07 Å². The molecule has 0 bridgehead atoms. The Labute approximate surface area is 141 Å². The molecule has 1 heterocycles. The maximum absolute atomic E-state index is 14.0. The SMILES string of the molecule is CC(C)(C)NS(=O)(=O)c1cc(NC(=O)C2COCCN2)ccc1F. The van der Waals surface area contributed by atoms with Gasteiger partial charge >= 0.3 is 0 Å². The molecule has 3 N–H and O–H groups in total. The van der Waals surface area contributed by atoms with Crippen molar-refractivity contribution in [3.05, 3.63) is 24.0 Å². The fourth-order valence-electron chi connectivity index (χ4n) is 2.21. The van der Waals surface area contributed by atoms with Gasteiger partial charge in [-0.1, -0.05) is 0 Å². The Morgan fingerprint density at radius 2 is 2.08 bits per heavy atom. The number of ether oxygens (including phenoxy) is 1. The lowest BCUT2D eigenvalue weighted by molar-refractivity contribution is -0.120. The van der Waals surface area contributed by atoms with Gasteiger partial charge in [0, 0.05) is 17.8 Å². The zero-order valence-electron chi connectivity index (χ0n) is 13.8. The highest BCUT2D eigenvalue weighted by Gasteiger charge is 2.26. The monoisotopic (exact) mass is 359 g/mol. The molecule has 1 saturated heterocycles. The Balaban J connectivity index is 2.20. The molecule has 1 unspecified atom stereocenters. The molecular weight excluding hydrogens is 337 g/mol. The van der Waals surface area contributed by atoms with Gasteiger partial charge in [-0.05, 0) is 39.0 Å². The molecule has 0 spiro atoms. The number of hydrogen-bond acceptors (Lipinski definition) is 5. The highest BCUT2D eigenvalue weighted by atomic mass is 32.2. The van der Waals surface area contributed by atoms with E-state index in [2.05, 4.69) is 15.4 Å². The summed E-state index contributed by atoms with van der Waals surface area (Å²) in [6, 6.07) is 2.90. The lowest BCUT2D eigenvalue weighted by atomic mass is 10.1. The predicted octanol–water partition coefficient (Wildman–Crippen LogP) is 0.829. The zero-order chi connectivity index (χ0) is 18.0. The first-order valence-electron chi connectivity index (χ1n) is 7.54. The molecule has 0 aromatic heterocycles. The Kier molecular flexibility index (Phi) is 5.59. The number of halogens is 1. The summed E-state index contributed by atoms with van der Waals surface area (Å²) < 4.78 is 46.2. The number of carbonyl (C=O) groups excluding carboxylic acids is 1. The van der Waals surface area contributed by atoms with Crippen LogP contribution in [0.2, 0.25) is 0 Å². The minimum Gasteiger partial charge on any atom is -0.378 e. The smallest absolute Gasteiger partial charge is 0.244 e. The summed E-state index contributed by atoms with van der Waals surface area (Å²) in [4.78, 5) is 11.6. The zero-order valence-corrected chi connectivity index (χ0v) is 14.7. The number of sulfonamides is 1. The first kappa shape index (κ1) is 18.8. The van der Waals surface area contributed by atoms with E-state index in [1.54, 1.807) is 20.8 Å². The summed E-state index contributed by atoms with van der Waals surface area (Å²) >= 11 is 0. The Bertz CT molecular complexity index is 710. The molecule has 0 aliphatic carbocycles. The molecule has 134 valence electrons. The van der Waals surface area contributed by atoms with Gasteiger partial charge < -0.3 is 15.4 Å². The lowest BCUT2D eigenvalue weighted by Gasteiger charge is -2.23. The molecule has 1 aromatic rings. The van der Waals surface area contributed by atoms with E-state index in [4.69, 9.17) is 4.74 Å². The van der Waals surface area contributed by atoms with Crippen molar-refractivity contribution >= 4 is 21.6 Å². The molecule has 1 atom stereocenters. The van der Waals surface area contributed by atoms with Gasteiger partial charge in [-0.25, -0.2) is 17.5 Å². The van der Waals surface area contributed by atoms with E-state index in [1.807, 2.05) is 0 Å². The molecule has 2 rings (SSSR count). The summed E-state index contributed by atoms with van der Waals surface area (Å²) in [5.74, 6) is -1.25. The maximum atomic E-state index is 14.0. The van der Waals surface area contributed by atoms with Crippen molar-refractivity contribution in [1.82, 2.24) is 10.0 Å². The van der Waals surface area contributed by atoms with Crippen molar-refractivity contribution in [2.75, 3.05) is 25.1 Å². The first-order chi connectivity index (χ1) is 11.1. The van der Waals surface area contributed by atoms with Crippen LogP contribution in [-0.4, -0.2) is 45.7 Å². The summed E-state index contributed by atoms with van der Waals surface area (Å²) in [7, 11) is -4.05. The third kappa shape index (κ3) is 4.97. The van der Waals surface area contributed by atoms with Crippen LogP contribution in [0, 0.1) is 5.82 Å². The minimum atomic E-state index is -4.05. The number of rotatable bonds is 4. The lowest BCUT2D eigenvalue weighted by Crippen LogP contribution is -2.48. The van der Waals surface area contributed by atoms with Gasteiger partial charge in [0.05, 0.1) is 13.2 Å². The number of nitrogens with one attached hydrogen (secondary N) is 3. The topological polar surface area (TPSA) is 96.5 Å². The summed E-state index contributed by atoms with van der Waals surface area (Å²) in [5.41, 5.74) is -0.559. The molecule has 1 aliphatic heterocycles. The Hall–Kier alpha value is -1.55. The third-order valence-electron chi connectivity index (χ3n) is 3.17. The van der Waals surface area contributed by atoms with Crippen LogP contribution < -0.4 is 15.4 Å². The second-order valence-electron chi connectivity index (χ2n) is 6.57. The number of morpholine rings is 1. The van der Waals surface area contributed by atoms with Crippen molar-refractivity contribution in [1.29, 1.82) is 0 Å². The van der Waals surface area contributed by atoms with E-state index in [-0.39, 0.29) is 18.2 Å². The molecule has 0 saturated carbocycles. The van der Waals surface area contributed by atoms with Crippen molar-refractivity contribution < 1.29 is 22.3 Å². The van der Waals surface area contributed by atoms with Crippen LogP contribution in [-0.2, 0) is 19.6 Å². The van der Waals surface area contributed by atoms with Crippen LogP contribution in [0.25, 0.3) is 0 Å². The Morgan fingerprint density at radius 1 is 1.38 bits per heavy atom. The predicted molar refractivity (Wildman–Crippen MR) is 87.7 cm³/mol. The number of benzene rings is 1. The van der Waals surface area contributed by atoms with Gasteiger partial charge in [-0.3, -0.25) is 4.79 Å². The molecule has 7 nitrogen and oxygen atoms in total. The highest BCUT2D eigenvalue weighted by molar-refractivity contribution is 7.89. The molecule has 1 aromatic carbocycles. The normalized spacial score (nSPS) is 19.1. The third-order valence-corrected chi connectivity index (χ3v) is 4.94. The van der Waals surface area contributed by atoms with Crippen LogP contribution in [0.3, 0.4) is 0 Å². The standard InChI is InChI=1S/C15H22FN3O4S/c1-15(2,3)19-24(21,22)13-8-10(4-5-11(13)16)18-14(20)12-9-23-7-6-17-12/h4-5,8,12,17,19H,6-7,9H2,1-3H3,(H,18,20).